The summed E-state index contributed by atoms with van der Waals surface area (Å²) in [6, 6.07) is 8.36. The summed E-state index contributed by atoms with van der Waals surface area (Å²) in [5, 5.41) is 17.4. The highest BCUT2D eigenvalue weighted by Crippen LogP contribution is 2.42. The maximum atomic E-state index is 13.2. The fourth-order valence-electron chi connectivity index (χ4n) is 2.46. The number of ether oxygens (including phenoxy) is 2. The lowest BCUT2D eigenvalue weighted by Crippen LogP contribution is -2.40. The van der Waals surface area contributed by atoms with Crippen LogP contribution in [0, 0.1) is 0 Å². The van der Waals surface area contributed by atoms with E-state index in [2.05, 4.69) is 10.5 Å². The Morgan fingerprint density at radius 3 is 2.46 bits per heavy atom. The van der Waals surface area contributed by atoms with Crippen LogP contribution in [0.5, 0.6) is 17.2 Å². The van der Waals surface area contributed by atoms with Crippen molar-refractivity contribution in [2.75, 3.05) is 5.48 Å². The Morgan fingerprint density at radius 2 is 1.89 bits per heavy atom. The number of aliphatic carboxylic acids is 1. The third kappa shape index (κ3) is 4.14. The van der Waals surface area contributed by atoms with Crippen molar-refractivity contribution in [1.29, 1.82) is 0 Å². The standard InChI is InChI=1S/C17H11ClF3NO6/c18-12-6-8-5-11(16(23)24)15(17(19,20)21)27-13(8)7-14(12)26-10-3-1-9(2-4-10)22-28-25/h1-7,15,22,25H,(H,23,24). The molecule has 0 saturated carbocycles. The van der Waals surface area contributed by atoms with Crippen molar-refractivity contribution >= 4 is 29.3 Å². The molecule has 0 aliphatic carbocycles. The minimum absolute atomic E-state index is 0.00707. The molecule has 1 heterocycles. The average molecular weight is 418 g/mol. The quantitative estimate of drug-likeness (QED) is 0.477. The molecule has 0 spiro atoms. The number of anilines is 1. The molecule has 2 aromatic carbocycles. The van der Waals surface area contributed by atoms with E-state index in [4.69, 9.17) is 31.4 Å². The molecule has 2 aromatic rings. The van der Waals surface area contributed by atoms with Gasteiger partial charge in [0.25, 0.3) is 0 Å². The van der Waals surface area contributed by atoms with E-state index >= 15 is 0 Å². The minimum atomic E-state index is -4.92. The van der Waals surface area contributed by atoms with Gasteiger partial charge in [0.2, 0.25) is 6.10 Å². The molecule has 1 atom stereocenters. The number of carboxylic acids is 1. The summed E-state index contributed by atoms with van der Waals surface area (Å²) in [4.78, 5) is 14.9. The number of alkyl halides is 3. The maximum absolute atomic E-state index is 13.2. The number of benzene rings is 2. The monoisotopic (exact) mass is 417 g/mol. The van der Waals surface area contributed by atoms with Crippen LogP contribution in [0.15, 0.2) is 42.0 Å². The topological polar surface area (TPSA) is 97.3 Å². The molecule has 0 saturated heterocycles. The molecule has 0 amide bonds. The molecule has 3 N–H and O–H groups in total. The zero-order chi connectivity index (χ0) is 20.5. The van der Waals surface area contributed by atoms with E-state index in [-0.39, 0.29) is 27.8 Å². The largest absolute Gasteiger partial charge is 0.478 e. The molecular formula is C17H11ClF3NO6. The van der Waals surface area contributed by atoms with Crippen molar-refractivity contribution in [3.05, 3.63) is 52.6 Å². The normalized spacial score (nSPS) is 15.9. The zero-order valence-corrected chi connectivity index (χ0v) is 14.4. The predicted molar refractivity (Wildman–Crippen MR) is 91.4 cm³/mol. The summed E-state index contributed by atoms with van der Waals surface area (Å²) in [5.74, 6) is -1.67. The summed E-state index contributed by atoms with van der Waals surface area (Å²) in [6.07, 6.45) is -6.67. The number of halogens is 4. The van der Waals surface area contributed by atoms with Crippen LogP contribution >= 0.6 is 11.6 Å². The first-order valence-corrected chi connectivity index (χ1v) is 7.93. The molecule has 1 aliphatic heterocycles. The Labute approximate surface area is 160 Å². The lowest BCUT2D eigenvalue weighted by molar-refractivity contribution is -0.215. The van der Waals surface area contributed by atoms with Crippen molar-refractivity contribution in [1.82, 2.24) is 0 Å². The van der Waals surface area contributed by atoms with Crippen LogP contribution in [-0.4, -0.2) is 28.6 Å². The molecule has 11 heteroatoms. The molecule has 1 unspecified atom stereocenters. The van der Waals surface area contributed by atoms with E-state index in [1.165, 1.54) is 30.3 Å². The van der Waals surface area contributed by atoms with Gasteiger partial charge in [-0.1, -0.05) is 11.6 Å². The van der Waals surface area contributed by atoms with Crippen molar-refractivity contribution in [3.8, 4) is 17.2 Å². The summed E-state index contributed by atoms with van der Waals surface area (Å²) in [7, 11) is 0. The smallest absolute Gasteiger partial charge is 0.430 e. The SMILES string of the molecule is O=C(O)C1=Cc2cc(Cl)c(Oc3ccc(NOO)cc3)cc2OC1C(F)(F)F. The van der Waals surface area contributed by atoms with Gasteiger partial charge in [-0.05, 0) is 36.4 Å². The van der Waals surface area contributed by atoms with E-state index in [9.17, 15) is 18.0 Å². The summed E-state index contributed by atoms with van der Waals surface area (Å²) in [6.45, 7) is 0. The van der Waals surface area contributed by atoms with Crippen LogP contribution in [0.25, 0.3) is 6.08 Å². The lowest BCUT2D eigenvalue weighted by atomic mass is 10.0. The number of carboxylic acid groups (broad SMARTS) is 1. The van der Waals surface area contributed by atoms with Gasteiger partial charge in [-0.3, -0.25) is 0 Å². The van der Waals surface area contributed by atoms with Crippen LogP contribution in [0.2, 0.25) is 5.02 Å². The van der Waals surface area contributed by atoms with Gasteiger partial charge in [0, 0.05) is 11.6 Å². The van der Waals surface area contributed by atoms with Gasteiger partial charge >= 0.3 is 12.1 Å². The van der Waals surface area contributed by atoms with Crippen LogP contribution in [0.4, 0.5) is 18.9 Å². The second-order valence-corrected chi connectivity index (χ2v) is 5.99. The van der Waals surface area contributed by atoms with Crippen LogP contribution in [-0.2, 0) is 9.78 Å². The first-order valence-electron chi connectivity index (χ1n) is 7.55. The van der Waals surface area contributed by atoms with E-state index in [0.29, 0.717) is 5.69 Å². The Balaban J connectivity index is 1.93. The molecular weight excluding hydrogens is 407 g/mol. The number of rotatable bonds is 5. The number of fused-ring (bicyclic) bond motifs is 1. The number of hydrogen-bond donors (Lipinski definition) is 3. The van der Waals surface area contributed by atoms with Gasteiger partial charge in [-0.25, -0.2) is 15.5 Å². The first-order chi connectivity index (χ1) is 13.2. The summed E-state index contributed by atoms with van der Waals surface area (Å²) in [5.41, 5.74) is 1.72. The Bertz CT molecular complexity index is 930. The highest BCUT2D eigenvalue weighted by atomic mass is 35.5. The zero-order valence-electron chi connectivity index (χ0n) is 13.7. The van der Waals surface area contributed by atoms with Gasteiger partial charge in [-0.15, -0.1) is 4.99 Å². The van der Waals surface area contributed by atoms with Crippen molar-refractivity contribution in [2.24, 2.45) is 0 Å². The summed E-state index contributed by atoms with van der Waals surface area (Å²) >= 11 is 6.10. The molecule has 0 radical (unpaired) electrons. The molecule has 0 fully saturated rings. The molecule has 3 rings (SSSR count). The van der Waals surface area contributed by atoms with Gasteiger partial charge in [0.1, 0.15) is 17.2 Å². The van der Waals surface area contributed by atoms with E-state index in [1.807, 2.05) is 0 Å². The molecule has 0 bridgehead atoms. The van der Waals surface area contributed by atoms with Gasteiger partial charge in [0.15, 0.2) is 0 Å². The van der Waals surface area contributed by atoms with Gasteiger partial charge in [-0.2, -0.15) is 13.2 Å². The van der Waals surface area contributed by atoms with E-state index in [0.717, 1.165) is 12.1 Å². The summed E-state index contributed by atoms with van der Waals surface area (Å²) < 4.78 is 49.9. The van der Waals surface area contributed by atoms with Crippen molar-refractivity contribution in [3.63, 3.8) is 0 Å². The van der Waals surface area contributed by atoms with E-state index < -0.39 is 23.8 Å². The van der Waals surface area contributed by atoms with Gasteiger partial charge in [0.05, 0.1) is 16.3 Å². The van der Waals surface area contributed by atoms with Crippen LogP contribution in [0.1, 0.15) is 5.56 Å². The number of hydrogen-bond acceptors (Lipinski definition) is 6. The van der Waals surface area contributed by atoms with Crippen molar-refractivity contribution < 1.29 is 42.8 Å². The van der Waals surface area contributed by atoms with Crippen LogP contribution < -0.4 is 15.0 Å². The highest BCUT2D eigenvalue weighted by Gasteiger charge is 2.48. The first kappa shape index (κ1) is 19.8. The second kappa shape index (κ2) is 7.58. The minimum Gasteiger partial charge on any atom is -0.478 e. The Kier molecular flexibility index (Phi) is 5.36. The lowest BCUT2D eigenvalue weighted by Gasteiger charge is -2.27. The number of carbonyl (C=O) groups is 1. The third-order valence-corrected chi connectivity index (χ3v) is 3.99. The van der Waals surface area contributed by atoms with Crippen LogP contribution in [0.3, 0.4) is 0 Å². The predicted octanol–water partition coefficient (Wildman–Crippen LogP) is 4.74. The second-order valence-electron chi connectivity index (χ2n) is 5.58. The maximum Gasteiger partial charge on any atom is 0.430 e. The van der Waals surface area contributed by atoms with Gasteiger partial charge < -0.3 is 14.6 Å². The Morgan fingerprint density at radius 1 is 1.21 bits per heavy atom. The van der Waals surface area contributed by atoms with E-state index in [1.54, 1.807) is 0 Å². The molecule has 0 aromatic heterocycles. The van der Waals surface area contributed by atoms with Crippen molar-refractivity contribution in [2.45, 2.75) is 12.3 Å². The Hall–Kier alpha value is -2.95. The molecule has 148 valence electrons. The molecule has 1 aliphatic rings. The molecule has 7 nitrogen and oxygen atoms in total. The third-order valence-electron chi connectivity index (χ3n) is 3.69. The average Bonchev–Trinajstić information content (AvgIpc) is 2.62. The fourth-order valence-corrected chi connectivity index (χ4v) is 2.68. The number of nitrogens with one attached hydrogen (secondary N) is 1. The molecule has 28 heavy (non-hydrogen) atoms. The fraction of sp³-hybridized carbons (Fsp3) is 0.118. The highest BCUT2D eigenvalue weighted by molar-refractivity contribution is 6.32.